The van der Waals surface area contributed by atoms with Gasteiger partial charge in [-0.3, -0.25) is 0 Å². The highest BCUT2D eigenvalue weighted by Gasteiger charge is 2.23. The number of fused-ring (bicyclic) bond motifs is 1. The predicted octanol–water partition coefficient (Wildman–Crippen LogP) is 3.83. The first-order valence-electron chi connectivity index (χ1n) is 6.67. The van der Waals surface area contributed by atoms with Gasteiger partial charge in [0.15, 0.2) is 11.6 Å². The van der Waals surface area contributed by atoms with E-state index in [1.807, 2.05) is 25.1 Å². The summed E-state index contributed by atoms with van der Waals surface area (Å²) in [6, 6.07) is 7.34. The average Bonchev–Trinajstić information content (AvgIpc) is 2.83. The smallest absolute Gasteiger partial charge is 0.182 e. The highest BCUT2D eigenvalue weighted by molar-refractivity contribution is 5.46. The lowest BCUT2D eigenvalue weighted by Gasteiger charge is -2.13. The van der Waals surface area contributed by atoms with Gasteiger partial charge in [0.2, 0.25) is 0 Å². The number of benzene rings is 2. The maximum absolute atomic E-state index is 13.5. The zero-order valence-electron chi connectivity index (χ0n) is 11.4. The molecular weight excluding hydrogens is 279 g/mol. The van der Waals surface area contributed by atoms with Gasteiger partial charge in [0, 0.05) is 18.6 Å². The molecule has 5 heteroatoms. The molecule has 0 radical (unpaired) electrons. The number of aryl methyl sites for hydroxylation is 1. The van der Waals surface area contributed by atoms with E-state index >= 15 is 0 Å². The van der Waals surface area contributed by atoms with E-state index in [2.05, 4.69) is 5.32 Å². The lowest BCUT2D eigenvalue weighted by Crippen LogP contribution is -2.24. The highest BCUT2D eigenvalue weighted by atomic mass is 19.2. The Morgan fingerprint density at radius 1 is 1.19 bits per heavy atom. The van der Waals surface area contributed by atoms with Crippen LogP contribution in [0.5, 0.6) is 5.75 Å². The van der Waals surface area contributed by atoms with Gasteiger partial charge < -0.3 is 10.1 Å². The first-order valence-corrected chi connectivity index (χ1v) is 6.67. The Kier molecular flexibility index (Phi) is 3.49. The second-order valence-corrected chi connectivity index (χ2v) is 5.19. The normalized spacial score (nSPS) is 16.5. The number of anilines is 1. The Balaban J connectivity index is 1.68. The van der Waals surface area contributed by atoms with Crippen molar-refractivity contribution in [2.24, 2.45) is 0 Å². The number of hydrogen-bond donors (Lipinski definition) is 1. The van der Waals surface area contributed by atoms with Gasteiger partial charge in [-0.25, -0.2) is 13.2 Å². The van der Waals surface area contributed by atoms with Crippen LogP contribution in [0.3, 0.4) is 0 Å². The van der Waals surface area contributed by atoms with Gasteiger partial charge in [0.25, 0.3) is 0 Å². The molecule has 0 spiro atoms. The fraction of sp³-hybridized carbons (Fsp3) is 0.250. The SMILES string of the molecule is Cc1ccc2c(c1)CC(CNc1cc(F)cc(F)c1F)O2. The Morgan fingerprint density at radius 2 is 2.00 bits per heavy atom. The summed E-state index contributed by atoms with van der Waals surface area (Å²) >= 11 is 0. The van der Waals surface area contributed by atoms with Crippen molar-refractivity contribution in [3.63, 3.8) is 0 Å². The van der Waals surface area contributed by atoms with E-state index in [-0.39, 0.29) is 18.3 Å². The molecule has 0 aliphatic carbocycles. The molecule has 0 amide bonds. The van der Waals surface area contributed by atoms with Crippen LogP contribution in [-0.4, -0.2) is 12.6 Å². The summed E-state index contributed by atoms with van der Waals surface area (Å²) in [7, 11) is 0. The van der Waals surface area contributed by atoms with Crippen molar-refractivity contribution in [3.8, 4) is 5.75 Å². The van der Waals surface area contributed by atoms with Crippen molar-refractivity contribution in [1.82, 2.24) is 0 Å². The Bertz CT molecular complexity index is 687. The second-order valence-electron chi connectivity index (χ2n) is 5.19. The van der Waals surface area contributed by atoms with E-state index in [1.165, 1.54) is 0 Å². The van der Waals surface area contributed by atoms with Crippen molar-refractivity contribution in [2.45, 2.75) is 19.4 Å². The molecule has 2 aromatic carbocycles. The van der Waals surface area contributed by atoms with Crippen molar-refractivity contribution in [3.05, 3.63) is 58.9 Å². The minimum atomic E-state index is -1.20. The molecule has 1 N–H and O–H groups in total. The molecule has 2 nitrogen and oxygen atoms in total. The summed E-state index contributed by atoms with van der Waals surface area (Å²) in [5.74, 6) is -2.30. The molecular formula is C16H14F3NO. The maximum atomic E-state index is 13.5. The van der Waals surface area contributed by atoms with Crippen LogP contribution in [0.2, 0.25) is 0 Å². The average molecular weight is 293 g/mol. The molecule has 1 atom stereocenters. The van der Waals surface area contributed by atoms with E-state index < -0.39 is 17.5 Å². The quantitative estimate of drug-likeness (QED) is 0.868. The summed E-state index contributed by atoms with van der Waals surface area (Å²) in [5.41, 5.74) is 2.04. The molecule has 0 saturated carbocycles. The molecule has 1 aliphatic rings. The van der Waals surface area contributed by atoms with Crippen LogP contribution in [0, 0.1) is 24.4 Å². The first-order chi connectivity index (χ1) is 10.0. The lowest BCUT2D eigenvalue weighted by atomic mass is 10.1. The Labute approximate surface area is 120 Å². The fourth-order valence-electron chi connectivity index (χ4n) is 2.47. The van der Waals surface area contributed by atoms with Crippen LogP contribution >= 0.6 is 0 Å². The third-order valence-electron chi connectivity index (χ3n) is 3.47. The minimum absolute atomic E-state index is 0.187. The largest absolute Gasteiger partial charge is 0.488 e. The molecule has 0 fully saturated rings. The second kappa shape index (κ2) is 5.31. The summed E-state index contributed by atoms with van der Waals surface area (Å²) in [6.45, 7) is 2.27. The molecule has 3 rings (SSSR count). The molecule has 1 unspecified atom stereocenters. The van der Waals surface area contributed by atoms with Crippen molar-refractivity contribution in [1.29, 1.82) is 0 Å². The summed E-state index contributed by atoms with van der Waals surface area (Å²) in [6.07, 6.45) is 0.496. The molecule has 21 heavy (non-hydrogen) atoms. The van der Waals surface area contributed by atoms with Gasteiger partial charge in [-0.15, -0.1) is 0 Å². The Morgan fingerprint density at radius 3 is 2.81 bits per heavy atom. The highest BCUT2D eigenvalue weighted by Crippen LogP contribution is 2.30. The molecule has 2 aromatic rings. The third kappa shape index (κ3) is 2.82. The van der Waals surface area contributed by atoms with Crippen molar-refractivity contribution < 1.29 is 17.9 Å². The maximum Gasteiger partial charge on any atom is 0.182 e. The zero-order valence-corrected chi connectivity index (χ0v) is 11.4. The van der Waals surface area contributed by atoms with E-state index in [4.69, 9.17) is 4.74 Å². The Hall–Kier alpha value is -2.17. The van der Waals surface area contributed by atoms with Crippen LogP contribution < -0.4 is 10.1 Å². The molecule has 0 saturated heterocycles. The molecule has 0 bridgehead atoms. The third-order valence-corrected chi connectivity index (χ3v) is 3.47. The van der Waals surface area contributed by atoms with Gasteiger partial charge in [-0.1, -0.05) is 17.7 Å². The van der Waals surface area contributed by atoms with E-state index in [9.17, 15) is 13.2 Å². The minimum Gasteiger partial charge on any atom is -0.488 e. The van der Waals surface area contributed by atoms with Gasteiger partial charge in [-0.2, -0.15) is 0 Å². The van der Waals surface area contributed by atoms with E-state index in [1.54, 1.807) is 0 Å². The summed E-state index contributed by atoms with van der Waals surface area (Å²) < 4.78 is 45.4. The van der Waals surface area contributed by atoms with Crippen molar-refractivity contribution >= 4 is 5.69 Å². The summed E-state index contributed by atoms with van der Waals surface area (Å²) in [5, 5.41) is 2.71. The van der Waals surface area contributed by atoms with Gasteiger partial charge in [0.05, 0.1) is 12.2 Å². The van der Waals surface area contributed by atoms with Crippen LogP contribution in [-0.2, 0) is 6.42 Å². The van der Waals surface area contributed by atoms with E-state index in [0.29, 0.717) is 12.5 Å². The zero-order chi connectivity index (χ0) is 15.0. The number of hydrogen-bond acceptors (Lipinski definition) is 2. The van der Waals surface area contributed by atoms with Crippen molar-refractivity contribution in [2.75, 3.05) is 11.9 Å². The van der Waals surface area contributed by atoms with Crippen LogP contribution in [0.1, 0.15) is 11.1 Å². The number of ether oxygens (including phenoxy) is 1. The lowest BCUT2D eigenvalue weighted by molar-refractivity contribution is 0.246. The summed E-state index contributed by atoms with van der Waals surface area (Å²) in [4.78, 5) is 0. The number of halogens is 3. The topological polar surface area (TPSA) is 21.3 Å². The molecule has 110 valence electrons. The van der Waals surface area contributed by atoms with Gasteiger partial charge in [0.1, 0.15) is 17.7 Å². The number of nitrogens with one attached hydrogen (secondary N) is 1. The predicted molar refractivity (Wildman–Crippen MR) is 74.1 cm³/mol. The van der Waals surface area contributed by atoms with Gasteiger partial charge in [-0.05, 0) is 18.6 Å². The molecule has 1 heterocycles. The monoisotopic (exact) mass is 293 g/mol. The standard InChI is InChI=1S/C16H14F3NO/c1-9-2-3-15-10(4-9)5-12(21-15)8-20-14-7-11(17)6-13(18)16(14)19/h2-4,6-7,12,20H,5,8H2,1H3. The number of rotatable bonds is 3. The molecule has 1 aliphatic heterocycles. The molecule has 0 aromatic heterocycles. The van der Waals surface area contributed by atoms with Crippen LogP contribution in [0.4, 0.5) is 18.9 Å². The van der Waals surface area contributed by atoms with Crippen LogP contribution in [0.25, 0.3) is 0 Å². The van der Waals surface area contributed by atoms with Gasteiger partial charge >= 0.3 is 0 Å². The first kappa shape index (κ1) is 13.8. The van der Waals surface area contributed by atoms with Crippen LogP contribution in [0.15, 0.2) is 30.3 Å². The fourth-order valence-corrected chi connectivity index (χ4v) is 2.47. The van der Waals surface area contributed by atoms with E-state index in [0.717, 1.165) is 22.9 Å².